The first-order valence-corrected chi connectivity index (χ1v) is 11.4. The third-order valence-electron chi connectivity index (χ3n) is 5.31. The molecule has 0 aromatic carbocycles. The first-order chi connectivity index (χ1) is 12.3. The van der Waals surface area contributed by atoms with Crippen molar-refractivity contribution in [3.63, 3.8) is 0 Å². The monoisotopic (exact) mass is 349 g/mol. The minimum atomic E-state index is 1.17. The molecule has 1 aromatic heterocycles. The van der Waals surface area contributed by atoms with Crippen LogP contribution in [-0.2, 0) is 19.5 Å². The molecule has 2 heteroatoms. The molecule has 1 heterocycles. The van der Waals surface area contributed by atoms with Crippen LogP contribution in [0.15, 0.2) is 12.4 Å². The van der Waals surface area contributed by atoms with E-state index >= 15 is 0 Å². The van der Waals surface area contributed by atoms with Crippen LogP contribution >= 0.6 is 0 Å². The lowest BCUT2D eigenvalue weighted by Gasteiger charge is -2.05. The molecule has 0 saturated carbocycles. The average molecular weight is 350 g/mol. The van der Waals surface area contributed by atoms with Crippen LogP contribution in [0.5, 0.6) is 0 Å². The summed E-state index contributed by atoms with van der Waals surface area (Å²) in [6.07, 6.45) is 25.4. The van der Waals surface area contributed by atoms with E-state index in [1.165, 1.54) is 109 Å². The summed E-state index contributed by atoms with van der Waals surface area (Å²) < 4.78 is 5.01. The highest BCUT2D eigenvalue weighted by Crippen LogP contribution is 2.11. The Morgan fingerprint density at radius 3 is 1.80 bits per heavy atom. The van der Waals surface area contributed by atoms with Crippen LogP contribution in [0.25, 0.3) is 0 Å². The zero-order valence-electron chi connectivity index (χ0n) is 17.6. The molecule has 25 heavy (non-hydrogen) atoms. The van der Waals surface area contributed by atoms with Crippen LogP contribution in [0.3, 0.4) is 0 Å². The predicted octanol–water partition coefficient (Wildman–Crippen LogP) is 6.84. The second-order valence-electron chi connectivity index (χ2n) is 7.74. The zero-order valence-corrected chi connectivity index (χ0v) is 17.6. The molecule has 1 aromatic rings. The smallest absolute Gasteiger partial charge is 0.234 e. The molecule has 0 radical (unpaired) electrons. The van der Waals surface area contributed by atoms with Gasteiger partial charge in [0.2, 0.25) is 0 Å². The summed E-state index contributed by atoms with van der Waals surface area (Å²) >= 11 is 0. The van der Waals surface area contributed by atoms with E-state index in [1.54, 1.807) is 5.82 Å². The number of hydrogen-bond donors (Lipinski definition) is 0. The number of imidazole rings is 1. The molecule has 0 aliphatic rings. The molecule has 0 N–H and O–H groups in total. The van der Waals surface area contributed by atoms with Gasteiger partial charge in [-0.15, -0.1) is 0 Å². The van der Waals surface area contributed by atoms with E-state index in [9.17, 15) is 0 Å². The lowest BCUT2D eigenvalue weighted by atomic mass is 10.1. The lowest BCUT2D eigenvalue weighted by molar-refractivity contribution is -0.704. The highest BCUT2D eigenvalue weighted by Gasteiger charge is 2.15. The molecule has 146 valence electrons. The molecule has 0 amide bonds. The van der Waals surface area contributed by atoms with Gasteiger partial charge in [-0.1, -0.05) is 85.0 Å². The quantitative estimate of drug-likeness (QED) is 0.215. The number of nitrogens with zero attached hydrogens (tertiary/aromatic N) is 2. The molecule has 0 atom stereocenters. The van der Waals surface area contributed by atoms with Gasteiger partial charge in [-0.3, -0.25) is 0 Å². The van der Waals surface area contributed by atoms with Crippen molar-refractivity contribution in [3.8, 4) is 0 Å². The van der Waals surface area contributed by atoms with Crippen molar-refractivity contribution in [3.05, 3.63) is 18.2 Å². The standard InChI is InChI=1S/C23H45N2/c1-4-7-9-10-11-12-13-14-15-16-17-20-25-22-21-24(19-6-3)23(25)18-8-5-2/h21-22H,4-20H2,1-3H3/q+1. The van der Waals surface area contributed by atoms with E-state index in [0.717, 1.165) is 0 Å². The third kappa shape index (κ3) is 10.1. The van der Waals surface area contributed by atoms with E-state index in [4.69, 9.17) is 0 Å². The van der Waals surface area contributed by atoms with E-state index in [1.807, 2.05) is 0 Å². The molecule has 0 unspecified atom stereocenters. The summed E-state index contributed by atoms with van der Waals surface area (Å²) in [6, 6.07) is 0. The number of aryl methyl sites for hydroxylation is 2. The predicted molar refractivity (Wildman–Crippen MR) is 110 cm³/mol. The number of aromatic nitrogens is 2. The van der Waals surface area contributed by atoms with Crippen molar-refractivity contribution in [1.29, 1.82) is 0 Å². The molecule has 0 saturated heterocycles. The Hall–Kier alpha value is -0.790. The van der Waals surface area contributed by atoms with Crippen molar-refractivity contribution in [1.82, 2.24) is 4.57 Å². The van der Waals surface area contributed by atoms with Gasteiger partial charge in [0.05, 0.1) is 13.1 Å². The molecule has 2 nitrogen and oxygen atoms in total. The first-order valence-electron chi connectivity index (χ1n) is 11.4. The molecule has 0 aliphatic carbocycles. The Bertz CT molecular complexity index is 408. The van der Waals surface area contributed by atoms with Gasteiger partial charge >= 0.3 is 0 Å². The van der Waals surface area contributed by atoms with E-state index in [-0.39, 0.29) is 0 Å². The van der Waals surface area contributed by atoms with Gasteiger partial charge in [0.15, 0.2) is 0 Å². The van der Waals surface area contributed by atoms with E-state index in [2.05, 4.69) is 42.3 Å². The summed E-state index contributed by atoms with van der Waals surface area (Å²) in [5, 5.41) is 0. The minimum absolute atomic E-state index is 1.17. The van der Waals surface area contributed by atoms with Gasteiger partial charge in [0.1, 0.15) is 12.4 Å². The normalized spacial score (nSPS) is 11.3. The summed E-state index contributed by atoms with van der Waals surface area (Å²) in [5.41, 5.74) is 0. The Labute approximate surface area is 158 Å². The van der Waals surface area contributed by atoms with Crippen LogP contribution in [0.1, 0.15) is 116 Å². The SMILES string of the molecule is CCCCCCCCCCCCC[n+]1ccn(CCC)c1CCCC. The lowest BCUT2D eigenvalue weighted by Crippen LogP contribution is -2.37. The fourth-order valence-corrected chi connectivity index (χ4v) is 3.71. The van der Waals surface area contributed by atoms with Gasteiger partial charge in [0.25, 0.3) is 5.82 Å². The molecule has 1 rings (SSSR count). The van der Waals surface area contributed by atoms with Crippen molar-refractivity contribution < 1.29 is 4.57 Å². The molecular weight excluding hydrogens is 304 g/mol. The van der Waals surface area contributed by atoms with E-state index < -0.39 is 0 Å². The fourth-order valence-electron chi connectivity index (χ4n) is 3.71. The Morgan fingerprint density at radius 2 is 1.24 bits per heavy atom. The zero-order chi connectivity index (χ0) is 18.2. The van der Waals surface area contributed by atoms with Gasteiger partial charge in [-0.2, -0.15) is 0 Å². The second-order valence-corrected chi connectivity index (χ2v) is 7.74. The highest BCUT2D eigenvalue weighted by atomic mass is 15.1. The van der Waals surface area contributed by atoms with Crippen LogP contribution < -0.4 is 4.57 Å². The molecule has 0 aliphatic heterocycles. The minimum Gasteiger partial charge on any atom is -0.234 e. The first kappa shape index (κ1) is 22.3. The Morgan fingerprint density at radius 1 is 0.680 bits per heavy atom. The maximum Gasteiger partial charge on any atom is 0.256 e. The number of hydrogen-bond acceptors (Lipinski definition) is 0. The van der Waals surface area contributed by atoms with Gasteiger partial charge in [-0.25, -0.2) is 9.13 Å². The Kier molecular flexibility index (Phi) is 13.8. The van der Waals surface area contributed by atoms with Gasteiger partial charge in [0, 0.05) is 6.42 Å². The Balaban J connectivity index is 2.13. The number of unbranched alkanes of at least 4 members (excludes halogenated alkanes) is 11. The molecule has 0 bridgehead atoms. The second kappa shape index (κ2) is 15.5. The van der Waals surface area contributed by atoms with Gasteiger partial charge in [-0.05, 0) is 25.7 Å². The van der Waals surface area contributed by atoms with Crippen LogP contribution in [0.2, 0.25) is 0 Å². The summed E-state index contributed by atoms with van der Waals surface area (Å²) in [6.45, 7) is 9.25. The fraction of sp³-hybridized carbons (Fsp3) is 0.870. The largest absolute Gasteiger partial charge is 0.256 e. The van der Waals surface area contributed by atoms with Crippen LogP contribution in [0, 0.1) is 0 Å². The maximum absolute atomic E-state index is 2.53. The third-order valence-corrected chi connectivity index (χ3v) is 5.31. The maximum atomic E-state index is 2.53. The van der Waals surface area contributed by atoms with E-state index in [0.29, 0.717) is 0 Å². The summed E-state index contributed by atoms with van der Waals surface area (Å²) in [7, 11) is 0. The van der Waals surface area contributed by atoms with Crippen molar-refractivity contribution in [2.24, 2.45) is 0 Å². The molecule has 0 fully saturated rings. The van der Waals surface area contributed by atoms with Crippen molar-refractivity contribution in [2.75, 3.05) is 0 Å². The van der Waals surface area contributed by atoms with Crippen molar-refractivity contribution >= 4 is 0 Å². The van der Waals surface area contributed by atoms with Crippen LogP contribution in [-0.4, -0.2) is 4.57 Å². The summed E-state index contributed by atoms with van der Waals surface area (Å²) in [5.74, 6) is 1.55. The topological polar surface area (TPSA) is 8.81 Å². The summed E-state index contributed by atoms with van der Waals surface area (Å²) in [4.78, 5) is 0. The van der Waals surface area contributed by atoms with Crippen LogP contribution in [0.4, 0.5) is 0 Å². The number of rotatable bonds is 17. The molecular formula is C23H45N2+. The van der Waals surface area contributed by atoms with Gasteiger partial charge < -0.3 is 0 Å². The van der Waals surface area contributed by atoms with Crippen molar-refractivity contribution in [2.45, 2.75) is 130 Å². The molecule has 0 spiro atoms. The highest BCUT2D eigenvalue weighted by molar-refractivity contribution is 4.84. The average Bonchev–Trinajstić information content (AvgIpc) is 3.00.